The zero-order chi connectivity index (χ0) is 24.9. The standard InChI is InChI=1S/C27H27N3O5/c31-26(28-24(16-17-30(33)34)18-21-10-4-1-5-11-21)25(19-22-12-6-2-7-13-22)29-27(32)35-20-23-14-8-3-9-15-23/h1-17,24-25H,18-20H2,(H,28,31)(H,29,32). The van der Waals surface area contributed by atoms with Gasteiger partial charge in [-0.25, -0.2) is 4.79 Å². The summed E-state index contributed by atoms with van der Waals surface area (Å²) in [7, 11) is 0. The number of benzene rings is 3. The van der Waals surface area contributed by atoms with Crippen LogP contribution in [0, 0.1) is 10.1 Å². The molecule has 0 fully saturated rings. The van der Waals surface area contributed by atoms with Crippen molar-refractivity contribution < 1.29 is 19.2 Å². The highest BCUT2D eigenvalue weighted by Gasteiger charge is 2.24. The summed E-state index contributed by atoms with van der Waals surface area (Å²) in [6.45, 7) is 0.0640. The Balaban J connectivity index is 1.71. The summed E-state index contributed by atoms with van der Waals surface area (Å²) in [6.07, 6.45) is 1.99. The van der Waals surface area contributed by atoms with Crippen LogP contribution in [-0.2, 0) is 29.0 Å². The summed E-state index contributed by atoms with van der Waals surface area (Å²) in [4.78, 5) is 36.0. The molecule has 0 heterocycles. The number of nitrogens with one attached hydrogen (secondary N) is 2. The zero-order valence-electron chi connectivity index (χ0n) is 19.1. The van der Waals surface area contributed by atoms with Crippen LogP contribution in [0.4, 0.5) is 4.79 Å². The van der Waals surface area contributed by atoms with E-state index in [9.17, 15) is 19.7 Å². The first-order valence-corrected chi connectivity index (χ1v) is 11.2. The molecule has 0 aliphatic carbocycles. The molecule has 2 amide bonds. The van der Waals surface area contributed by atoms with E-state index in [0.29, 0.717) is 6.42 Å². The van der Waals surface area contributed by atoms with Crippen molar-refractivity contribution in [1.29, 1.82) is 0 Å². The van der Waals surface area contributed by atoms with Gasteiger partial charge in [0.2, 0.25) is 12.1 Å². The summed E-state index contributed by atoms with van der Waals surface area (Å²) in [5.74, 6) is -0.473. The number of nitro groups is 1. The van der Waals surface area contributed by atoms with Crippen molar-refractivity contribution >= 4 is 12.0 Å². The molecule has 0 saturated carbocycles. The summed E-state index contributed by atoms with van der Waals surface area (Å²) >= 11 is 0. The minimum absolute atomic E-state index is 0.0640. The van der Waals surface area contributed by atoms with E-state index in [-0.39, 0.29) is 13.0 Å². The van der Waals surface area contributed by atoms with Gasteiger partial charge in [0.1, 0.15) is 12.6 Å². The molecule has 0 spiro atoms. The second-order valence-corrected chi connectivity index (χ2v) is 7.88. The number of amides is 2. The monoisotopic (exact) mass is 473 g/mol. The lowest BCUT2D eigenvalue weighted by Crippen LogP contribution is -2.51. The van der Waals surface area contributed by atoms with E-state index in [4.69, 9.17) is 4.74 Å². The number of hydrogen-bond acceptors (Lipinski definition) is 5. The van der Waals surface area contributed by atoms with Crippen molar-refractivity contribution in [2.75, 3.05) is 0 Å². The molecular formula is C27H27N3O5. The number of alkyl carbamates (subject to hydrolysis) is 1. The van der Waals surface area contributed by atoms with Crippen LogP contribution in [0.15, 0.2) is 103 Å². The highest BCUT2D eigenvalue weighted by Crippen LogP contribution is 2.08. The normalized spacial score (nSPS) is 12.5. The third-order valence-corrected chi connectivity index (χ3v) is 5.17. The topological polar surface area (TPSA) is 111 Å². The van der Waals surface area contributed by atoms with Gasteiger partial charge in [0.25, 0.3) is 0 Å². The quantitative estimate of drug-likeness (QED) is 0.323. The Morgan fingerprint density at radius 1 is 0.800 bits per heavy atom. The van der Waals surface area contributed by atoms with Crippen LogP contribution < -0.4 is 10.6 Å². The number of nitrogens with zero attached hydrogens (tertiary/aromatic N) is 1. The van der Waals surface area contributed by atoms with E-state index in [2.05, 4.69) is 10.6 Å². The average molecular weight is 474 g/mol. The third kappa shape index (κ3) is 9.13. The smallest absolute Gasteiger partial charge is 0.408 e. The third-order valence-electron chi connectivity index (χ3n) is 5.17. The van der Waals surface area contributed by atoms with Gasteiger partial charge in [-0.3, -0.25) is 14.9 Å². The summed E-state index contributed by atoms with van der Waals surface area (Å²) in [6, 6.07) is 26.2. The lowest BCUT2D eigenvalue weighted by molar-refractivity contribution is -0.402. The summed E-state index contributed by atoms with van der Waals surface area (Å²) in [5, 5.41) is 16.3. The molecule has 0 aliphatic rings. The Morgan fingerprint density at radius 3 is 1.86 bits per heavy atom. The Morgan fingerprint density at radius 2 is 1.31 bits per heavy atom. The van der Waals surface area contributed by atoms with Gasteiger partial charge in [0.05, 0.1) is 11.0 Å². The molecule has 0 saturated heterocycles. The van der Waals surface area contributed by atoms with Crippen LogP contribution in [0.3, 0.4) is 0 Å². The molecular weight excluding hydrogens is 446 g/mol. The van der Waals surface area contributed by atoms with Crippen molar-refractivity contribution in [1.82, 2.24) is 10.6 Å². The van der Waals surface area contributed by atoms with Crippen LogP contribution in [0.1, 0.15) is 16.7 Å². The van der Waals surface area contributed by atoms with Crippen LogP contribution in [0.25, 0.3) is 0 Å². The number of ether oxygens (including phenoxy) is 1. The van der Waals surface area contributed by atoms with E-state index in [0.717, 1.165) is 22.9 Å². The van der Waals surface area contributed by atoms with Gasteiger partial charge >= 0.3 is 6.09 Å². The fourth-order valence-electron chi connectivity index (χ4n) is 3.46. The van der Waals surface area contributed by atoms with Crippen LogP contribution in [-0.4, -0.2) is 29.0 Å². The lowest BCUT2D eigenvalue weighted by atomic mass is 10.0. The molecule has 3 rings (SSSR count). The molecule has 35 heavy (non-hydrogen) atoms. The maximum absolute atomic E-state index is 13.2. The molecule has 3 aromatic carbocycles. The van der Waals surface area contributed by atoms with Crippen LogP contribution >= 0.6 is 0 Å². The predicted octanol–water partition coefficient (Wildman–Crippen LogP) is 4.04. The molecule has 2 unspecified atom stereocenters. The second kappa shape index (κ2) is 13.3. The van der Waals surface area contributed by atoms with Gasteiger partial charge in [0, 0.05) is 12.5 Å². The van der Waals surface area contributed by atoms with Crippen molar-refractivity contribution in [3.8, 4) is 0 Å². The van der Waals surface area contributed by atoms with Gasteiger partial charge < -0.3 is 15.4 Å². The fraction of sp³-hybridized carbons (Fsp3) is 0.185. The zero-order valence-corrected chi connectivity index (χ0v) is 19.1. The van der Waals surface area contributed by atoms with Gasteiger partial charge in [0.15, 0.2) is 0 Å². The van der Waals surface area contributed by atoms with Crippen LogP contribution in [0.2, 0.25) is 0 Å². The first-order chi connectivity index (χ1) is 17.0. The van der Waals surface area contributed by atoms with E-state index in [1.165, 1.54) is 6.08 Å². The summed E-state index contributed by atoms with van der Waals surface area (Å²) in [5.41, 5.74) is 2.57. The highest BCUT2D eigenvalue weighted by molar-refractivity contribution is 5.86. The Hall–Kier alpha value is -4.46. The number of carbonyl (C=O) groups excluding carboxylic acids is 2. The fourth-order valence-corrected chi connectivity index (χ4v) is 3.46. The predicted molar refractivity (Wildman–Crippen MR) is 132 cm³/mol. The molecule has 3 aromatic rings. The van der Waals surface area contributed by atoms with E-state index >= 15 is 0 Å². The van der Waals surface area contributed by atoms with Crippen molar-refractivity contribution in [3.05, 3.63) is 130 Å². The highest BCUT2D eigenvalue weighted by atomic mass is 16.6. The molecule has 8 heteroatoms. The first kappa shape index (κ1) is 25.2. The summed E-state index contributed by atoms with van der Waals surface area (Å²) < 4.78 is 5.29. The van der Waals surface area contributed by atoms with Crippen molar-refractivity contribution in [2.45, 2.75) is 31.5 Å². The van der Waals surface area contributed by atoms with E-state index in [1.54, 1.807) is 0 Å². The van der Waals surface area contributed by atoms with Gasteiger partial charge in [-0.2, -0.15) is 0 Å². The van der Waals surface area contributed by atoms with Crippen molar-refractivity contribution in [3.63, 3.8) is 0 Å². The molecule has 180 valence electrons. The molecule has 0 radical (unpaired) electrons. The number of rotatable bonds is 11. The SMILES string of the molecule is O=C(NC(Cc1ccccc1)C(=O)NC(C=C[N+](=O)[O-])Cc1ccccc1)OCc1ccccc1. The maximum Gasteiger partial charge on any atom is 0.408 e. The molecule has 0 aromatic heterocycles. The first-order valence-electron chi connectivity index (χ1n) is 11.2. The van der Waals surface area contributed by atoms with Crippen LogP contribution in [0.5, 0.6) is 0 Å². The number of hydrogen-bond donors (Lipinski definition) is 2. The van der Waals surface area contributed by atoms with Crippen molar-refractivity contribution in [2.24, 2.45) is 0 Å². The molecule has 2 N–H and O–H groups in total. The van der Waals surface area contributed by atoms with Gasteiger partial charge in [-0.15, -0.1) is 0 Å². The average Bonchev–Trinajstić information content (AvgIpc) is 2.87. The molecule has 2 atom stereocenters. The lowest BCUT2D eigenvalue weighted by Gasteiger charge is -2.22. The Labute approximate surface area is 203 Å². The molecule has 0 bridgehead atoms. The van der Waals surface area contributed by atoms with Gasteiger partial charge in [-0.05, 0) is 23.1 Å². The Bertz CT molecular complexity index is 1120. The molecule has 8 nitrogen and oxygen atoms in total. The number of carbonyl (C=O) groups is 2. The molecule has 0 aliphatic heterocycles. The maximum atomic E-state index is 13.2. The van der Waals surface area contributed by atoms with E-state index < -0.39 is 29.0 Å². The Kier molecular flexibility index (Phi) is 9.56. The second-order valence-electron chi connectivity index (χ2n) is 7.88. The minimum atomic E-state index is -0.942. The largest absolute Gasteiger partial charge is 0.445 e. The van der Waals surface area contributed by atoms with E-state index in [1.807, 2.05) is 91.0 Å². The van der Waals surface area contributed by atoms with Gasteiger partial charge in [-0.1, -0.05) is 91.0 Å². The minimum Gasteiger partial charge on any atom is -0.445 e.